The highest BCUT2D eigenvalue weighted by Gasteiger charge is 2.36. The van der Waals surface area contributed by atoms with Crippen LogP contribution in [0.1, 0.15) is 24.6 Å². The Balaban J connectivity index is 1.51. The van der Waals surface area contributed by atoms with Crippen molar-refractivity contribution in [1.82, 2.24) is 24.5 Å². The van der Waals surface area contributed by atoms with Gasteiger partial charge in [-0.2, -0.15) is 10.1 Å². The summed E-state index contributed by atoms with van der Waals surface area (Å²) in [6, 6.07) is 5.71. The van der Waals surface area contributed by atoms with Gasteiger partial charge in [0.15, 0.2) is 17.0 Å². The molecule has 1 unspecified atom stereocenters. The van der Waals surface area contributed by atoms with Crippen molar-refractivity contribution < 1.29 is 8.81 Å². The third-order valence-electron chi connectivity index (χ3n) is 5.99. The highest BCUT2D eigenvalue weighted by atomic mass is 19.1. The molecule has 1 fully saturated rings. The fraction of sp³-hybridized carbons (Fsp3) is 0.435. The molecule has 5 rings (SSSR count). The summed E-state index contributed by atoms with van der Waals surface area (Å²) >= 11 is 0. The molecule has 1 saturated heterocycles. The van der Waals surface area contributed by atoms with E-state index in [9.17, 15) is 4.39 Å². The largest absolute Gasteiger partial charge is 0.423 e. The molecule has 0 N–H and O–H groups in total. The second-order valence-corrected chi connectivity index (χ2v) is 9.38. The van der Waals surface area contributed by atoms with Crippen molar-refractivity contribution in [2.45, 2.75) is 27.2 Å². The number of benzene rings is 1. The van der Waals surface area contributed by atoms with Crippen molar-refractivity contribution in [3.05, 3.63) is 41.5 Å². The lowest BCUT2D eigenvalue weighted by molar-refractivity contribution is 0.242. The van der Waals surface area contributed by atoms with Gasteiger partial charge in [0.25, 0.3) is 6.01 Å². The monoisotopic (exact) mass is 422 g/mol. The molecule has 8 heteroatoms. The van der Waals surface area contributed by atoms with Gasteiger partial charge in [-0.25, -0.2) is 13.9 Å². The predicted octanol–water partition coefficient (Wildman–Crippen LogP) is 4.07. The van der Waals surface area contributed by atoms with Crippen LogP contribution in [-0.4, -0.2) is 58.2 Å². The summed E-state index contributed by atoms with van der Waals surface area (Å²) in [6.07, 6.45) is 2.91. The zero-order valence-corrected chi connectivity index (χ0v) is 18.6. The van der Waals surface area contributed by atoms with Crippen LogP contribution in [0.4, 0.5) is 10.4 Å². The van der Waals surface area contributed by atoms with Crippen molar-refractivity contribution in [2.75, 3.05) is 38.6 Å². The second kappa shape index (κ2) is 7.02. The average molecular weight is 423 g/mol. The first-order valence-corrected chi connectivity index (χ1v) is 10.5. The Hall–Kier alpha value is -3.00. The van der Waals surface area contributed by atoms with Crippen LogP contribution in [0.5, 0.6) is 0 Å². The van der Waals surface area contributed by atoms with Crippen LogP contribution >= 0.6 is 0 Å². The van der Waals surface area contributed by atoms with Crippen LogP contribution < -0.4 is 4.90 Å². The number of hydrogen-bond donors (Lipinski definition) is 0. The van der Waals surface area contributed by atoms with E-state index in [1.54, 1.807) is 4.52 Å². The van der Waals surface area contributed by atoms with Crippen LogP contribution in [0.3, 0.4) is 0 Å². The molecular formula is C23H27FN6O. The summed E-state index contributed by atoms with van der Waals surface area (Å²) in [4.78, 5) is 13.3. The van der Waals surface area contributed by atoms with Crippen molar-refractivity contribution in [2.24, 2.45) is 5.41 Å². The predicted molar refractivity (Wildman–Crippen MR) is 119 cm³/mol. The lowest BCUT2D eigenvalue weighted by Crippen LogP contribution is -2.34. The Morgan fingerprint density at radius 1 is 1.19 bits per heavy atom. The summed E-state index contributed by atoms with van der Waals surface area (Å²) in [5.74, 6) is -0.404. The first kappa shape index (κ1) is 19.9. The van der Waals surface area contributed by atoms with Crippen molar-refractivity contribution in [1.29, 1.82) is 0 Å². The molecule has 3 aromatic heterocycles. The summed E-state index contributed by atoms with van der Waals surface area (Å²) in [5.41, 5.74) is 4.86. The quantitative estimate of drug-likeness (QED) is 0.494. The Morgan fingerprint density at radius 2 is 2.00 bits per heavy atom. The van der Waals surface area contributed by atoms with Gasteiger partial charge in [-0.1, -0.05) is 6.92 Å². The van der Waals surface area contributed by atoms with Gasteiger partial charge in [-0.05, 0) is 63.5 Å². The molecule has 0 saturated carbocycles. The fourth-order valence-corrected chi connectivity index (χ4v) is 4.73. The molecule has 1 aliphatic heterocycles. The van der Waals surface area contributed by atoms with Crippen molar-refractivity contribution in [3.8, 4) is 11.3 Å². The fourth-order valence-electron chi connectivity index (χ4n) is 4.73. The number of aromatic nitrogens is 4. The Bertz CT molecular complexity index is 1290. The Morgan fingerprint density at radius 3 is 2.77 bits per heavy atom. The third-order valence-corrected chi connectivity index (χ3v) is 5.99. The Kier molecular flexibility index (Phi) is 4.51. The summed E-state index contributed by atoms with van der Waals surface area (Å²) in [6.45, 7) is 8.86. The molecule has 1 aromatic carbocycles. The minimum atomic E-state index is -0.404. The molecule has 1 aliphatic rings. The normalized spacial score (nSPS) is 19.4. The third kappa shape index (κ3) is 3.54. The second-order valence-electron chi connectivity index (χ2n) is 9.38. The number of nitrogens with zero attached hydrogens (tertiary/aromatic N) is 6. The number of aryl methyl sites for hydroxylation is 2. The number of fused-ring (bicyclic) bond motifs is 2. The van der Waals surface area contributed by atoms with Gasteiger partial charge < -0.3 is 14.2 Å². The van der Waals surface area contributed by atoms with Crippen molar-refractivity contribution in [3.63, 3.8) is 0 Å². The van der Waals surface area contributed by atoms with Gasteiger partial charge in [0.1, 0.15) is 5.52 Å². The van der Waals surface area contributed by atoms with Crippen LogP contribution in [0, 0.1) is 25.1 Å². The van der Waals surface area contributed by atoms with E-state index in [1.165, 1.54) is 6.07 Å². The molecule has 4 aromatic rings. The zero-order valence-electron chi connectivity index (χ0n) is 18.6. The molecular weight excluding hydrogens is 395 g/mol. The zero-order chi connectivity index (χ0) is 21.9. The number of anilines is 1. The lowest BCUT2D eigenvalue weighted by Gasteiger charge is -2.27. The first-order chi connectivity index (χ1) is 14.7. The average Bonchev–Trinajstić information content (AvgIpc) is 3.37. The number of rotatable bonds is 4. The van der Waals surface area contributed by atoms with Crippen LogP contribution in [0.15, 0.2) is 28.8 Å². The molecule has 0 spiro atoms. The number of halogens is 1. The van der Waals surface area contributed by atoms with E-state index in [1.807, 2.05) is 32.2 Å². The minimum Gasteiger partial charge on any atom is -0.423 e. The van der Waals surface area contributed by atoms with Gasteiger partial charge >= 0.3 is 0 Å². The molecule has 0 aliphatic carbocycles. The van der Waals surface area contributed by atoms with Crippen LogP contribution in [0.25, 0.3) is 28.0 Å². The SMILES string of the molecule is Cc1cn2nc(-c3cc(F)c4nc(N5CCC(C)(CN(C)C)C5)oc4c3)cc(C)c2n1. The molecule has 1 atom stereocenters. The van der Waals surface area contributed by atoms with Gasteiger partial charge in [-0.15, -0.1) is 0 Å². The number of oxazole rings is 1. The molecule has 0 amide bonds. The topological polar surface area (TPSA) is 62.7 Å². The summed E-state index contributed by atoms with van der Waals surface area (Å²) in [7, 11) is 4.17. The van der Waals surface area contributed by atoms with E-state index in [-0.39, 0.29) is 10.9 Å². The van der Waals surface area contributed by atoms with Gasteiger partial charge in [0, 0.05) is 25.2 Å². The summed E-state index contributed by atoms with van der Waals surface area (Å²) in [5, 5.41) is 4.62. The smallest absolute Gasteiger partial charge is 0.298 e. The molecule has 7 nitrogen and oxygen atoms in total. The number of hydrogen-bond acceptors (Lipinski definition) is 6. The van der Waals surface area contributed by atoms with E-state index in [0.717, 1.165) is 43.0 Å². The van der Waals surface area contributed by atoms with Gasteiger partial charge in [0.05, 0.1) is 17.6 Å². The molecule has 0 bridgehead atoms. The van der Waals surface area contributed by atoms with E-state index in [2.05, 4.69) is 45.9 Å². The maximum absolute atomic E-state index is 15.0. The van der Waals surface area contributed by atoms with E-state index < -0.39 is 5.82 Å². The van der Waals surface area contributed by atoms with Gasteiger partial charge in [0.2, 0.25) is 0 Å². The molecule has 31 heavy (non-hydrogen) atoms. The Labute approximate surface area is 180 Å². The van der Waals surface area contributed by atoms with Crippen LogP contribution in [0.2, 0.25) is 0 Å². The highest BCUT2D eigenvalue weighted by Crippen LogP contribution is 2.36. The highest BCUT2D eigenvalue weighted by molar-refractivity contribution is 5.81. The van der Waals surface area contributed by atoms with Crippen LogP contribution in [-0.2, 0) is 0 Å². The maximum Gasteiger partial charge on any atom is 0.298 e. The summed E-state index contributed by atoms with van der Waals surface area (Å²) < 4.78 is 22.7. The number of imidazole rings is 1. The molecule has 0 radical (unpaired) electrons. The van der Waals surface area contributed by atoms with E-state index >= 15 is 0 Å². The maximum atomic E-state index is 15.0. The molecule has 4 heterocycles. The van der Waals surface area contributed by atoms with Gasteiger partial charge in [-0.3, -0.25) is 0 Å². The van der Waals surface area contributed by atoms with E-state index in [0.29, 0.717) is 22.9 Å². The molecule has 162 valence electrons. The lowest BCUT2D eigenvalue weighted by atomic mass is 9.89. The first-order valence-electron chi connectivity index (χ1n) is 10.5. The minimum absolute atomic E-state index is 0.160. The standard InChI is InChI=1S/C23H27FN6O/c1-14-8-18(27-30-11-15(2)25-21(14)30)16-9-17(24)20-19(10-16)31-22(26-20)29-7-6-23(3,13-29)12-28(4)5/h8-11H,6-7,12-13H2,1-5H3. The van der Waals surface area contributed by atoms with E-state index in [4.69, 9.17) is 4.42 Å². The van der Waals surface area contributed by atoms with Crippen molar-refractivity contribution >= 4 is 22.8 Å².